The number of fused-ring (bicyclic) bond motifs is 3. The van der Waals surface area contributed by atoms with Crippen molar-refractivity contribution in [1.29, 1.82) is 5.26 Å². The molecule has 0 spiro atoms. The van der Waals surface area contributed by atoms with Crippen LogP contribution in [0.3, 0.4) is 0 Å². The second kappa shape index (κ2) is 6.02. The van der Waals surface area contributed by atoms with E-state index in [0.717, 1.165) is 23.0 Å². The first-order valence-corrected chi connectivity index (χ1v) is 8.75. The minimum atomic E-state index is -0.200. The number of aromatic nitrogens is 4. The quantitative estimate of drug-likeness (QED) is 0.734. The van der Waals surface area contributed by atoms with Crippen molar-refractivity contribution in [3.05, 3.63) is 28.9 Å². The number of likely N-dealkylation sites (tertiary alicyclic amines) is 1. The summed E-state index contributed by atoms with van der Waals surface area (Å²) in [4.78, 5) is 37.2. The first-order chi connectivity index (χ1) is 12.5. The van der Waals surface area contributed by atoms with Crippen LogP contribution in [-0.2, 0) is 4.79 Å². The van der Waals surface area contributed by atoms with E-state index < -0.39 is 0 Å². The molecule has 3 aromatic rings. The number of hydrogen-bond acceptors (Lipinski definition) is 4. The number of carbonyl (C=O) groups is 1. The van der Waals surface area contributed by atoms with Crippen LogP contribution in [0.2, 0.25) is 0 Å². The third-order valence-electron chi connectivity index (χ3n) is 5.50. The van der Waals surface area contributed by atoms with Crippen molar-refractivity contribution in [1.82, 2.24) is 24.4 Å². The molecular formula is C18H20N6O2. The van der Waals surface area contributed by atoms with E-state index >= 15 is 0 Å². The van der Waals surface area contributed by atoms with Crippen LogP contribution in [0.15, 0.2) is 23.3 Å². The van der Waals surface area contributed by atoms with Crippen LogP contribution in [0, 0.1) is 17.2 Å². The number of carbonyl (C=O) groups excluding carboxylic acids is 1. The summed E-state index contributed by atoms with van der Waals surface area (Å²) in [6, 6.07) is 3.48. The Morgan fingerprint density at radius 2 is 2.27 bits per heavy atom. The smallest absolute Gasteiger partial charge is 0.326 e. The summed E-state index contributed by atoms with van der Waals surface area (Å²) in [5.74, 6) is 0.0354. The van der Waals surface area contributed by atoms with Crippen LogP contribution in [0.25, 0.3) is 22.1 Å². The number of H-pyrrole nitrogens is 2. The van der Waals surface area contributed by atoms with Gasteiger partial charge in [0.1, 0.15) is 12.1 Å². The highest BCUT2D eigenvalue weighted by molar-refractivity contribution is 6.01. The number of rotatable bonds is 2. The highest BCUT2D eigenvalue weighted by Gasteiger charge is 2.38. The zero-order valence-electron chi connectivity index (χ0n) is 14.7. The Morgan fingerprint density at radius 1 is 1.46 bits per heavy atom. The maximum atomic E-state index is 12.8. The minimum Gasteiger partial charge on any atom is -0.346 e. The predicted octanol–water partition coefficient (Wildman–Crippen LogP) is 1.92. The van der Waals surface area contributed by atoms with Crippen LogP contribution in [0.5, 0.6) is 0 Å². The van der Waals surface area contributed by atoms with Gasteiger partial charge in [-0.3, -0.25) is 9.36 Å². The number of nitrogens with one attached hydrogen (secondary N) is 2. The molecule has 3 aromatic heterocycles. The molecule has 3 atom stereocenters. The number of hydrogen-bond donors (Lipinski definition) is 2. The van der Waals surface area contributed by atoms with Gasteiger partial charge in [-0.15, -0.1) is 0 Å². The largest absolute Gasteiger partial charge is 0.346 e. The third kappa shape index (κ3) is 2.31. The zero-order chi connectivity index (χ0) is 18.4. The Morgan fingerprint density at radius 3 is 3.04 bits per heavy atom. The van der Waals surface area contributed by atoms with Gasteiger partial charge in [-0.2, -0.15) is 5.26 Å². The molecule has 0 bridgehead atoms. The van der Waals surface area contributed by atoms with Crippen molar-refractivity contribution >= 4 is 28.0 Å². The first-order valence-electron chi connectivity index (χ1n) is 8.75. The van der Waals surface area contributed by atoms with Gasteiger partial charge >= 0.3 is 5.69 Å². The molecule has 4 rings (SSSR count). The maximum Gasteiger partial charge on any atom is 0.326 e. The molecular weight excluding hydrogens is 332 g/mol. The molecule has 0 saturated carbocycles. The number of aromatic amines is 2. The molecule has 8 heteroatoms. The lowest BCUT2D eigenvalue weighted by molar-refractivity contribution is -0.135. The van der Waals surface area contributed by atoms with Crippen LogP contribution in [-0.4, -0.2) is 42.9 Å². The standard InChI is InChI=1S/C18H20N6O2/c1-10-5-8-23(14(25)3-6-19)11(2)15(10)24-16-12-4-7-20-17(12)21-9-13(16)22-18(24)26/h4,7,9-11,15H,3,5,8H2,1-2H3,(H,20,21)(H,22,26)/t10-,11?,15+/m1/s1. The molecule has 1 unspecified atom stereocenters. The molecule has 0 aliphatic carbocycles. The van der Waals surface area contributed by atoms with E-state index in [-0.39, 0.29) is 36.0 Å². The van der Waals surface area contributed by atoms with E-state index in [2.05, 4.69) is 21.9 Å². The maximum absolute atomic E-state index is 12.8. The molecule has 134 valence electrons. The average Bonchev–Trinajstić information content (AvgIpc) is 3.19. The van der Waals surface area contributed by atoms with Gasteiger partial charge in [0.15, 0.2) is 0 Å². The highest BCUT2D eigenvalue weighted by Crippen LogP contribution is 2.35. The van der Waals surface area contributed by atoms with Crippen molar-refractivity contribution in [2.75, 3.05) is 6.54 Å². The molecule has 0 aromatic carbocycles. The zero-order valence-corrected chi connectivity index (χ0v) is 14.7. The predicted molar refractivity (Wildman–Crippen MR) is 96.4 cm³/mol. The van der Waals surface area contributed by atoms with Gasteiger partial charge in [-0.25, -0.2) is 9.78 Å². The van der Waals surface area contributed by atoms with Crippen molar-refractivity contribution < 1.29 is 4.79 Å². The lowest BCUT2D eigenvalue weighted by atomic mass is 9.87. The second-order valence-corrected chi connectivity index (χ2v) is 6.98. The summed E-state index contributed by atoms with van der Waals surface area (Å²) in [5.41, 5.74) is 2.01. The fourth-order valence-corrected chi connectivity index (χ4v) is 4.27. The van der Waals surface area contributed by atoms with Gasteiger partial charge in [0.05, 0.1) is 35.4 Å². The summed E-state index contributed by atoms with van der Waals surface area (Å²) in [6.45, 7) is 4.67. The minimum absolute atomic E-state index is 0.139. The van der Waals surface area contributed by atoms with Gasteiger partial charge in [0.2, 0.25) is 5.91 Å². The van der Waals surface area contributed by atoms with E-state index in [1.807, 2.05) is 19.1 Å². The molecule has 0 radical (unpaired) electrons. The summed E-state index contributed by atoms with van der Waals surface area (Å²) in [6.07, 6.45) is 4.10. The summed E-state index contributed by atoms with van der Waals surface area (Å²) >= 11 is 0. The number of amides is 1. The van der Waals surface area contributed by atoms with Crippen molar-refractivity contribution in [2.24, 2.45) is 5.92 Å². The Labute approximate surface area is 149 Å². The van der Waals surface area contributed by atoms with Crippen LogP contribution >= 0.6 is 0 Å². The van der Waals surface area contributed by atoms with E-state index in [1.165, 1.54) is 0 Å². The fourth-order valence-electron chi connectivity index (χ4n) is 4.27. The van der Waals surface area contributed by atoms with Crippen LogP contribution < -0.4 is 5.69 Å². The molecule has 8 nitrogen and oxygen atoms in total. The second-order valence-electron chi connectivity index (χ2n) is 6.98. The van der Waals surface area contributed by atoms with Crippen molar-refractivity contribution in [2.45, 2.75) is 38.8 Å². The molecule has 1 fully saturated rings. The summed E-state index contributed by atoms with van der Waals surface area (Å²) in [7, 11) is 0. The summed E-state index contributed by atoms with van der Waals surface area (Å²) < 4.78 is 1.77. The SMILES string of the molecule is CC1[C@@H](n2c(=O)[nH]c3cnc4[nH]ccc4c32)[C@H](C)CCN1C(=O)CC#N. The van der Waals surface area contributed by atoms with E-state index in [0.29, 0.717) is 12.1 Å². The van der Waals surface area contributed by atoms with Gasteiger partial charge in [0, 0.05) is 18.1 Å². The van der Waals surface area contributed by atoms with Gasteiger partial charge in [-0.05, 0) is 25.3 Å². The van der Waals surface area contributed by atoms with Crippen LogP contribution in [0.4, 0.5) is 0 Å². The number of pyridine rings is 1. The molecule has 26 heavy (non-hydrogen) atoms. The van der Waals surface area contributed by atoms with Gasteiger partial charge in [0.25, 0.3) is 0 Å². The molecule has 2 N–H and O–H groups in total. The van der Waals surface area contributed by atoms with Gasteiger partial charge in [-0.1, -0.05) is 6.92 Å². The fraction of sp³-hybridized carbons (Fsp3) is 0.444. The van der Waals surface area contributed by atoms with Crippen LogP contribution in [0.1, 0.15) is 32.7 Å². The van der Waals surface area contributed by atoms with Crippen molar-refractivity contribution in [3.8, 4) is 6.07 Å². The Balaban J connectivity index is 1.89. The van der Waals surface area contributed by atoms with E-state index in [1.54, 1.807) is 21.9 Å². The number of nitriles is 1. The molecule has 1 saturated heterocycles. The molecule has 1 aliphatic rings. The van der Waals surface area contributed by atoms with E-state index in [4.69, 9.17) is 5.26 Å². The van der Waals surface area contributed by atoms with E-state index in [9.17, 15) is 9.59 Å². The topological polar surface area (TPSA) is 111 Å². The molecule has 1 aliphatic heterocycles. The lowest BCUT2D eigenvalue weighted by Gasteiger charge is -2.43. The Kier molecular flexibility index (Phi) is 3.80. The number of imidazole rings is 1. The lowest BCUT2D eigenvalue weighted by Crippen LogP contribution is -2.51. The Bertz CT molecular complexity index is 1080. The number of piperidine rings is 1. The summed E-state index contributed by atoms with van der Waals surface area (Å²) in [5, 5.41) is 9.74. The average molecular weight is 352 g/mol. The monoisotopic (exact) mass is 352 g/mol. The highest BCUT2D eigenvalue weighted by atomic mass is 16.2. The normalized spacial score (nSPS) is 23.4. The Hall–Kier alpha value is -3.08. The van der Waals surface area contributed by atoms with Gasteiger partial charge < -0.3 is 14.9 Å². The first kappa shape index (κ1) is 16.4. The number of nitrogens with zero attached hydrogens (tertiary/aromatic N) is 4. The molecule has 1 amide bonds. The third-order valence-corrected chi connectivity index (χ3v) is 5.50. The van der Waals surface area contributed by atoms with Crippen molar-refractivity contribution in [3.63, 3.8) is 0 Å². The molecule has 4 heterocycles.